The Hall–Kier alpha value is -1.50. The van der Waals surface area contributed by atoms with Gasteiger partial charge in [-0.25, -0.2) is 0 Å². The standard InChI is InChI=1S/C8H11N3O3S/c1-5-7(15-10-9-5)8(13)11(2)4-6(12)14-3/h4H2,1-3H3. The zero-order valence-electron chi connectivity index (χ0n) is 8.68. The Bertz CT molecular complexity index is 377. The van der Waals surface area contributed by atoms with Crippen molar-refractivity contribution < 1.29 is 14.3 Å². The summed E-state index contributed by atoms with van der Waals surface area (Å²) in [6.45, 7) is 1.62. The van der Waals surface area contributed by atoms with Crippen LogP contribution in [0.3, 0.4) is 0 Å². The number of aryl methyl sites for hydroxylation is 1. The van der Waals surface area contributed by atoms with E-state index >= 15 is 0 Å². The van der Waals surface area contributed by atoms with Crippen molar-refractivity contribution >= 4 is 23.4 Å². The summed E-state index contributed by atoms with van der Waals surface area (Å²) in [6, 6.07) is 0. The third kappa shape index (κ3) is 2.72. The molecule has 0 bridgehead atoms. The van der Waals surface area contributed by atoms with Crippen LogP contribution in [0.15, 0.2) is 0 Å². The molecule has 7 heteroatoms. The van der Waals surface area contributed by atoms with Crippen molar-refractivity contribution in [1.82, 2.24) is 14.5 Å². The lowest BCUT2D eigenvalue weighted by atomic mass is 10.3. The van der Waals surface area contributed by atoms with E-state index in [-0.39, 0.29) is 12.5 Å². The third-order valence-electron chi connectivity index (χ3n) is 1.79. The van der Waals surface area contributed by atoms with Crippen LogP contribution in [-0.2, 0) is 9.53 Å². The number of carbonyl (C=O) groups excluding carboxylic acids is 2. The van der Waals surface area contributed by atoms with E-state index in [2.05, 4.69) is 14.3 Å². The Morgan fingerprint density at radius 3 is 2.67 bits per heavy atom. The molecule has 0 saturated heterocycles. The molecule has 1 heterocycles. The van der Waals surface area contributed by atoms with E-state index < -0.39 is 5.97 Å². The lowest BCUT2D eigenvalue weighted by Gasteiger charge is -2.13. The van der Waals surface area contributed by atoms with Crippen LogP contribution in [0.25, 0.3) is 0 Å². The Morgan fingerprint density at radius 1 is 1.53 bits per heavy atom. The molecule has 0 unspecified atom stereocenters. The average Bonchev–Trinajstić information content (AvgIpc) is 2.63. The molecule has 0 aromatic carbocycles. The van der Waals surface area contributed by atoms with Gasteiger partial charge in [-0.2, -0.15) is 0 Å². The quantitative estimate of drug-likeness (QED) is 0.687. The minimum atomic E-state index is -0.457. The van der Waals surface area contributed by atoms with E-state index in [0.717, 1.165) is 11.5 Å². The van der Waals surface area contributed by atoms with Crippen LogP contribution >= 0.6 is 11.5 Å². The van der Waals surface area contributed by atoms with Crippen LogP contribution in [-0.4, -0.2) is 47.1 Å². The molecule has 0 aliphatic rings. The van der Waals surface area contributed by atoms with Crippen molar-refractivity contribution in [1.29, 1.82) is 0 Å². The maximum atomic E-state index is 11.7. The van der Waals surface area contributed by atoms with Gasteiger partial charge >= 0.3 is 5.97 Å². The lowest BCUT2D eigenvalue weighted by molar-refractivity contribution is -0.141. The summed E-state index contributed by atoms with van der Waals surface area (Å²) in [5.41, 5.74) is 0.571. The first-order valence-electron chi connectivity index (χ1n) is 4.17. The highest BCUT2D eigenvalue weighted by atomic mass is 32.1. The second-order valence-electron chi connectivity index (χ2n) is 2.92. The highest BCUT2D eigenvalue weighted by Crippen LogP contribution is 2.11. The summed E-state index contributed by atoms with van der Waals surface area (Å²) in [5, 5.41) is 3.72. The molecule has 1 amide bonds. The minimum Gasteiger partial charge on any atom is -0.468 e. The molecular formula is C8H11N3O3S. The van der Waals surface area contributed by atoms with E-state index in [0.29, 0.717) is 10.6 Å². The molecule has 0 atom stereocenters. The summed E-state index contributed by atoms with van der Waals surface area (Å²) in [6.07, 6.45) is 0. The van der Waals surface area contributed by atoms with Gasteiger partial charge in [0.05, 0.1) is 12.8 Å². The maximum absolute atomic E-state index is 11.7. The molecule has 0 N–H and O–H groups in total. The van der Waals surface area contributed by atoms with Crippen molar-refractivity contribution in [3.05, 3.63) is 10.6 Å². The van der Waals surface area contributed by atoms with Crippen LogP contribution in [0.2, 0.25) is 0 Å². The van der Waals surface area contributed by atoms with Crippen LogP contribution in [0.1, 0.15) is 15.4 Å². The molecule has 82 valence electrons. The fourth-order valence-electron chi connectivity index (χ4n) is 0.931. The van der Waals surface area contributed by atoms with Crippen molar-refractivity contribution in [2.75, 3.05) is 20.7 Å². The van der Waals surface area contributed by atoms with Gasteiger partial charge in [0.25, 0.3) is 5.91 Å². The van der Waals surface area contributed by atoms with Crippen molar-refractivity contribution in [2.24, 2.45) is 0 Å². The van der Waals surface area contributed by atoms with Gasteiger partial charge in [0.1, 0.15) is 11.4 Å². The van der Waals surface area contributed by atoms with E-state index in [1.165, 1.54) is 19.1 Å². The average molecular weight is 229 g/mol. The third-order valence-corrected chi connectivity index (χ3v) is 2.60. The molecule has 1 rings (SSSR count). The largest absolute Gasteiger partial charge is 0.468 e. The Morgan fingerprint density at radius 2 is 2.20 bits per heavy atom. The summed E-state index contributed by atoms with van der Waals surface area (Å²) in [4.78, 5) is 24.4. The first-order valence-corrected chi connectivity index (χ1v) is 4.94. The van der Waals surface area contributed by atoms with Crippen LogP contribution in [0.5, 0.6) is 0 Å². The highest BCUT2D eigenvalue weighted by Gasteiger charge is 2.19. The van der Waals surface area contributed by atoms with Gasteiger partial charge in [0.15, 0.2) is 0 Å². The Kier molecular flexibility index (Phi) is 3.73. The van der Waals surface area contributed by atoms with Crippen molar-refractivity contribution in [3.8, 4) is 0 Å². The molecule has 0 spiro atoms. The number of likely N-dealkylation sites (N-methyl/N-ethyl adjacent to an activating group) is 1. The number of hydrogen-bond acceptors (Lipinski definition) is 6. The molecule has 1 aromatic heterocycles. The molecule has 0 radical (unpaired) electrons. The van der Waals surface area contributed by atoms with Crippen LogP contribution in [0, 0.1) is 6.92 Å². The monoisotopic (exact) mass is 229 g/mol. The van der Waals surface area contributed by atoms with Gasteiger partial charge in [-0.3, -0.25) is 9.59 Å². The normalized spacial score (nSPS) is 9.80. The van der Waals surface area contributed by atoms with E-state index in [1.54, 1.807) is 6.92 Å². The lowest BCUT2D eigenvalue weighted by Crippen LogP contribution is -2.32. The molecule has 0 aliphatic heterocycles. The topological polar surface area (TPSA) is 72.4 Å². The van der Waals surface area contributed by atoms with Gasteiger partial charge in [0, 0.05) is 7.05 Å². The number of ether oxygens (including phenoxy) is 1. The van der Waals surface area contributed by atoms with E-state index in [1.807, 2.05) is 0 Å². The van der Waals surface area contributed by atoms with Crippen molar-refractivity contribution in [2.45, 2.75) is 6.92 Å². The molecule has 0 saturated carbocycles. The van der Waals surface area contributed by atoms with Crippen molar-refractivity contribution in [3.63, 3.8) is 0 Å². The zero-order valence-corrected chi connectivity index (χ0v) is 9.50. The predicted octanol–water partition coefficient (Wildman–Crippen LogP) is 0.0915. The molecule has 0 aliphatic carbocycles. The van der Waals surface area contributed by atoms with Gasteiger partial charge < -0.3 is 9.64 Å². The SMILES string of the molecule is COC(=O)CN(C)C(=O)c1snnc1C. The Balaban J connectivity index is 2.69. The minimum absolute atomic E-state index is 0.0767. The summed E-state index contributed by atoms with van der Waals surface area (Å²) < 4.78 is 8.11. The highest BCUT2D eigenvalue weighted by molar-refractivity contribution is 7.07. The van der Waals surface area contributed by atoms with Gasteiger partial charge in [0.2, 0.25) is 0 Å². The molecule has 15 heavy (non-hydrogen) atoms. The number of carbonyl (C=O) groups is 2. The Labute approximate surface area is 91.0 Å². The molecule has 6 nitrogen and oxygen atoms in total. The summed E-state index contributed by atoms with van der Waals surface area (Å²) in [7, 11) is 2.80. The number of rotatable bonds is 3. The number of esters is 1. The van der Waals surface area contributed by atoms with Gasteiger partial charge in [-0.1, -0.05) is 4.49 Å². The number of aromatic nitrogens is 2. The second-order valence-corrected chi connectivity index (χ2v) is 3.68. The van der Waals surface area contributed by atoms with E-state index in [9.17, 15) is 9.59 Å². The number of methoxy groups -OCH3 is 1. The summed E-state index contributed by atoms with van der Waals surface area (Å²) in [5.74, 6) is -0.728. The fraction of sp³-hybridized carbons (Fsp3) is 0.500. The molecule has 1 aromatic rings. The summed E-state index contributed by atoms with van der Waals surface area (Å²) >= 11 is 1.02. The number of nitrogens with zero attached hydrogens (tertiary/aromatic N) is 3. The second kappa shape index (κ2) is 4.83. The van der Waals surface area contributed by atoms with E-state index in [4.69, 9.17) is 0 Å². The van der Waals surface area contributed by atoms with Gasteiger partial charge in [-0.05, 0) is 18.5 Å². The number of amides is 1. The predicted molar refractivity (Wildman–Crippen MR) is 53.6 cm³/mol. The first-order chi connectivity index (χ1) is 7.06. The fourth-order valence-corrected chi connectivity index (χ4v) is 1.58. The zero-order chi connectivity index (χ0) is 11.4. The smallest absolute Gasteiger partial charge is 0.325 e. The first kappa shape index (κ1) is 11.6. The number of hydrogen-bond donors (Lipinski definition) is 0. The molecular weight excluding hydrogens is 218 g/mol. The maximum Gasteiger partial charge on any atom is 0.325 e. The molecule has 0 fully saturated rings. The van der Waals surface area contributed by atoms with Crippen LogP contribution < -0.4 is 0 Å². The van der Waals surface area contributed by atoms with Crippen LogP contribution in [0.4, 0.5) is 0 Å². The van der Waals surface area contributed by atoms with Gasteiger partial charge in [-0.15, -0.1) is 5.10 Å².